The number of phenolic OH excluding ortho intramolecular Hbond substituents is 1. The van der Waals surface area contributed by atoms with Crippen molar-refractivity contribution >= 4 is 135 Å². The molecule has 8 rings (SSSR count). The molecule has 98 heavy (non-hydrogen) atoms. The Hall–Kier alpha value is -4.58. The van der Waals surface area contributed by atoms with Crippen molar-refractivity contribution in [3.8, 4) is 28.7 Å². The van der Waals surface area contributed by atoms with E-state index in [4.69, 9.17) is 118 Å². The van der Waals surface area contributed by atoms with Gasteiger partial charge in [0, 0.05) is 76.9 Å². The Labute approximate surface area is 600 Å². The van der Waals surface area contributed by atoms with Crippen molar-refractivity contribution in [1.82, 2.24) is 29.1 Å². The zero-order chi connectivity index (χ0) is 72.6. The number of fused-ring (bicyclic) bond motifs is 3. The second kappa shape index (κ2) is 36.5. The van der Waals surface area contributed by atoms with Gasteiger partial charge in [-0.1, -0.05) is 172 Å². The zero-order valence-corrected chi connectivity index (χ0v) is 65.2. The Morgan fingerprint density at radius 1 is 0.459 bits per heavy atom. The number of H-pyrrole nitrogens is 1. The van der Waals surface area contributed by atoms with Crippen molar-refractivity contribution in [2.45, 2.75) is 162 Å². The van der Waals surface area contributed by atoms with Crippen LogP contribution >= 0.6 is 69.6 Å². The van der Waals surface area contributed by atoms with Crippen LogP contribution in [-0.4, -0.2) is 124 Å². The number of aromatic nitrogens is 6. The Balaban J connectivity index is 0.000000240. The zero-order valence-electron chi connectivity index (χ0n) is 56.6. The molecule has 0 aliphatic carbocycles. The van der Waals surface area contributed by atoms with Crippen LogP contribution in [0.5, 0.6) is 28.7 Å². The molecule has 8 aromatic rings. The minimum Gasteiger partial charge on any atom is -0.506 e. The van der Waals surface area contributed by atoms with Gasteiger partial charge in [0.2, 0.25) is 0 Å². The predicted octanol–water partition coefficient (Wildman–Crippen LogP) is 20.0. The molecule has 0 atom stereocenters. The number of hydrogen-bond acceptors (Lipinski definition) is 15. The average molecular weight is 1570 g/mol. The second-order valence-corrected chi connectivity index (χ2v) is 52.2. The van der Waals surface area contributed by atoms with Crippen molar-refractivity contribution in [3.63, 3.8) is 0 Å². The smallest absolute Gasteiger partial charge is 0.506 e. The molecule has 0 bridgehead atoms. The monoisotopic (exact) mass is 1560 g/mol. The molecule has 0 spiro atoms. The van der Waals surface area contributed by atoms with Gasteiger partial charge < -0.3 is 71.7 Å². The highest BCUT2D eigenvalue weighted by atomic mass is 35.5. The molecule has 0 fully saturated rings. The number of nitrogens with zero attached hydrogens (tertiary/aromatic N) is 5. The molecule has 3 N–H and O–H groups in total. The highest BCUT2D eigenvalue weighted by Gasteiger charge is 2.32. The van der Waals surface area contributed by atoms with Crippen molar-refractivity contribution in [1.29, 1.82) is 0 Å². The van der Waals surface area contributed by atoms with Gasteiger partial charge >= 0.3 is 12.7 Å². The number of aliphatic hydroxyl groups is 1. The minimum atomic E-state index is -4.76. The highest BCUT2D eigenvalue weighted by molar-refractivity contribution is 6.77. The first-order valence-electron chi connectivity index (χ1n) is 31.0. The molecule has 34 heteroatoms. The van der Waals surface area contributed by atoms with Crippen LogP contribution in [0.25, 0.3) is 33.1 Å². The van der Waals surface area contributed by atoms with E-state index in [2.05, 4.69) is 103 Å². The lowest BCUT2D eigenvalue weighted by molar-refractivity contribution is -0.275. The molecule has 3 aromatic heterocycles. The predicted molar refractivity (Wildman–Crippen MR) is 384 cm³/mol. The number of nitrogens with one attached hydrogen (secondary N) is 1. The number of benzene rings is 5. The molecule has 0 aliphatic rings. The summed E-state index contributed by atoms with van der Waals surface area (Å²) in [5.41, 5.74) is 4.47. The minimum absolute atomic E-state index is 0.0408. The normalized spacial score (nSPS) is 12.5. The van der Waals surface area contributed by atoms with Crippen molar-refractivity contribution in [3.05, 3.63) is 125 Å². The third kappa shape index (κ3) is 27.3. The molecule has 3 heterocycles. The van der Waals surface area contributed by atoms with Crippen molar-refractivity contribution in [2.24, 2.45) is 0 Å². The first kappa shape index (κ1) is 82.4. The van der Waals surface area contributed by atoms with Crippen LogP contribution in [-0.2, 0) is 74.9 Å². The van der Waals surface area contributed by atoms with E-state index in [1.54, 1.807) is 12.1 Å². The summed E-state index contributed by atoms with van der Waals surface area (Å²) in [7, 11) is -4.79. The lowest BCUT2D eigenvalue weighted by Crippen LogP contribution is -2.22. The summed E-state index contributed by atoms with van der Waals surface area (Å²) >= 11 is 38.3. The Morgan fingerprint density at radius 2 is 0.837 bits per heavy atom. The maximum Gasteiger partial charge on any atom is 0.573 e. The molecule has 5 aromatic carbocycles. The topological polar surface area (TPSA) is 197 Å². The lowest BCUT2D eigenvalue weighted by atomic mass is 10.2. The summed E-state index contributed by atoms with van der Waals surface area (Å²) in [5, 5.41) is 20.2. The molecule has 0 saturated heterocycles. The maximum absolute atomic E-state index is 12.4. The van der Waals surface area contributed by atoms with E-state index in [1.165, 1.54) is 54.6 Å². The Morgan fingerprint density at radius 3 is 1.23 bits per heavy atom. The summed E-state index contributed by atoms with van der Waals surface area (Å²) < 4.78 is 131. The van der Waals surface area contributed by atoms with Gasteiger partial charge in [0.05, 0.1) is 42.7 Å². The quantitative estimate of drug-likeness (QED) is 0.0152. The van der Waals surface area contributed by atoms with Crippen LogP contribution in [0, 0.1) is 0 Å². The van der Waals surface area contributed by atoms with E-state index in [-0.39, 0.29) is 119 Å². The highest BCUT2D eigenvalue weighted by Crippen LogP contribution is 2.42. The summed E-state index contributed by atoms with van der Waals surface area (Å²) in [6.45, 7) is 31.3. The first-order valence-corrected chi connectivity index (χ1v) is 48.1. The molecule has 0 aliphatic heterocycles. The largest absolute Gasteiger partial charge is 0.573 e. The molecular weight excluding hydrogens is 1480 g/mol. The summed E-state index contributed by atoms with van der Waals surface area (Å²) in [6.07, 6.45) is -9.50. The molecule has 542 valence electrons. The summed E-state index contributed by atoms with van der Waals surface area (Å²) in [6, 6.07) is 19.6. The van der Waals surface area contributed by atoms with E-state index in [0.29, 0.717) is 88.1 Å². The van der Waals surface area contributed by atoms with Gasteiger partial charge in [0.1, 0.15) is 127 Å². The molecular formula is C64H84Cl6F6N6O12Si4. The lowest BCUT2D eigenvalue weighted by Gasteiger charge is -2.17. The SMILES string of the molecule is C[Si](C)(C)CCOCOCc1nc2cc(O)c(Cl)c(Cl)c2n1COCC[Si](C)(C)C.C[Si](C)(C)CCOCOCc1nc2cc(OCc3ccc(OC(F)(F)F)cc3)c(Cl)c(Cl)c2n1COCC[Si](C)(C)C.OCc1nc2c(Cl)c(Cl)c(OCc3ccc(OC(F)(F)F)cc3)cc2[nH]1. The number of imidazole rings is 3. The van der Waals surface area contributed by atoms with Gasteiger partial charge in [-0.3, -0.25) is 0 Å². The number of alkyl halides is 6. The number of phenols is 1. The van der Waals surface area contributed by atoms with Crippen LogP contribution in [0.2, 0.25) is 133 Å². The van der Waals surface area contributed by atoms with Crippen LogP contribution in [0.4, 0.5) is 26.3 Å². The van der Waals surface area contributed by atoms with Crippen molar-refractivity contribution in [2.75, 3.05) is 40.0 Å². The van der Waals surface area contributed by atoms with Crippen molar-refractivity contribution < 1.29 is 83.9 Å². The molecule has 0 radical (unpaired) electrons. The van der Waals surface area contributed by atoms with Gasteiger partial charge in [-0.05, 0) is 59.6 Å². The van der Waals surface area contributed by atoms with Crippen LogP contribution in [0.15, 0.2) is 66.7 Å². The van der Waals surface area contributed by atoms with E-state index >= 15 is 0 Å². The van der Waals surface area contributed by atoms with Gasteiger partial charge in [0.15, 0.2) is 0 Å². The number of rotatable bonds is 33. The van der Waals surface area contributed by atoms with E-state index < -0.39 is 45.0 Å². The molecule has 0 unspecified atom stereocenters. The van der Waals surface area contributed by atoms with Crippen LogP contribution in [0.1, 0.15) is 28.6 Å². The second-order valence-electron chi connectivity index (χ2n) is 27.4. The Kier molecular flexibility index (Phi) is 30.7. The third-order valence-electron chi connectivity index (χ3n) is 14.1. The number of aromatic hydroxyl groups is 1. The van der Waals surface area contributed by atoms with E-state index in [9.17, 15) is 31.4 Å². The fourth-order valence-electron chi connectivity index (χ4n) is 8.63. The fraction of sp³-hybridized carbons (Fsp3) is 0.484. The fourth-order valence-corrected chi connectivity index (χ4v) is 13.0. The van der Waals surface area contributed by atoms with E-state index in [1.807, 2.05) is 9.13 Å². The third-order valence-corrected chi connectivity index (χ3v) is 23.4. The Bertz CT molecular complexity index is 3870. The summed E-state index contributed by atoms with van der Waals surface area (Å²) in [4.78, 5) is 16.3. The molecule has 0 saturated carbocycles. The maximum atomic E-state index is 12.4. The first-order chi connectivity index (χ1) is 45.7. The average Bonchev–Trinajstić information content (AvgIpc) is 1.62. The number of aliphatic hydroxyl groups excluding tert-OH is 1. The van der Waals surface area contributed by atoms with E-state index in [0.717, 1.165) is 24.2 Å². The van der Waals surface area contributed by atoms with Gasteiger partial charge in [-0.15, -0.1) is 26.3 Å². The van der Waals surface area contributed by atoms with Crippen LogP contribution in [0.3, 0.4) is 0 Å². The standard InChI is InChI=1S/C28H39Cl2F3N2O5Si2.C20H34Cl2N2O4Si2.C16H11Cl2F3N2O3/c1-41(2,3)13-11-36-18-35-24(17-38-19-37-12-14-42(4,5)6)34-22-15-23(25(29)26(30)27(22)35)39-16-20-7-9-21(10-8-20)40-28(31,32)33;1-29(2,3)9-7-26-13-24-17(12-28-14-27-8-10-30(4,5)6)23-15-11-16(25)18(21)19(22)20(15)24;17-13-11(5-10-15(14(13)18)23-12(6-24)22-10)25-7-8-1-3-9(4-2-8)26-16(19,20)21/h7-10,15H,11-14,16-19H2,1-6H3;11,25H,7-10,12-14H2,1-6H3;1-5,24H,6-7H2,(H,22,23). The number of aromatic amines is 1. The number of ether oxygens (including phenoxy) is 10. The van der Waals surface area contributed by atoms with Gasteiger partial charge in [-0.25, -0.2) is 15.0 Å². The van der Waals surface area contributed by atoms with Gasteiger partial charge in [0.25, 0.3) is 0 Å². The summed E-state index contributed by atoms with van der Waals surface area (Å²) in [5.74, 6) is 1.40. The van der Waals surface area contributed by atoms with Crippen LogP contribution < -0.4 is 18.9 Å². The van der Waals surface area contributed by atoms with Gasteiger partial charge in [-0.2, -0.15) is 0 Å². The number of halogens is 12. The number of hydrogen-bond donors (Lipinski definition) is 3. The molecule has 18 nitrogen and oxygen atoms in total. The molecule has 0 amide bonds.